The Morgan fingerprint density at radius 1 is 1.13 bits per heavy atom. The van der Waals surface area contributed by atoms with Gasteiger partial charge in [-0.1, -0.05) is 31.0 Å². The summed E-state index contributed by atoms with van der Waals surface area (Å²) in [5.41, 5.74) is 1.24. The van der Waals surface area contributed by atoms with Crippen LogP contribution in [0.2, 0.25) is 0 Å². The number of hydrogen-bond acceptors (Lipinski definition) is 4. The molecule has 120 valence electrons. The summed E-state index contributed by atoms with van der Waals surface area (Å²) in [5, 5.41) is 11.7. The molecule has 1 fully saturated rings. The lowest BCUT2D eigenvalue weighted by atomic mass is 10.2. The van der Waals surface area contributed by atoms with Crippen molar-refractivity contribution < 1.29 is 4.79 Å². The normalized spacial score (nSPS) is 14.7. The zero-order chi connectivity index (χ0) is 16.1. The van der Waals surface area contributed by atoms with Crippen LogP contribution in [0, 0.1) is 0 Å². The maximum Gasteiger partial charge on any atom is 0.278 e. The molecule has 1 N–H and O–H groups in total. The van der Waals surface area contributed by atoms with E-state index in [1.165, 1.54) is 25.7 Å². The van der Waals surface area contributed by atoms with Gasteiger partial charge in [-0.15, -0.1) is 10.2 Å². The van der Waals surface area contributed by atoms with Crippen LogP contribution in [0.1, 0.15) is 43.1 Å². The average Bonchev–Trinajstić information content (AvgIpc) is 3.10. The molecular weight excluding hydrogens is 288 g/mol. The second-order valence-corrected chi connectivity index (χ2v) is 5.81. The number of aromatic nitrogens is 2. The largest absolute Gasteiger partial charge is 0.366 e. The Kier molecular flexibility index (Phi) is 4.86. The third-order valence-corrected chi connectivity index (χ3v) is 4.22. The van der Waals surface area contributed by atoms with E-state index < -0.39 is 0 Å². The van der Waals surface area contributed by atoms with E-state index in [-0.39, 0.29) is 5.91 Å². The first-order chi connectivity index (χ1) is 11.3. The highest BCUT2D eigenvalue weighted by Crippen LogP contribution is 2.21. The first-order valence-electron chi connectivity index (χ1n) is 8.25. The molecule has 5 nitrogen and oxygen atoms in total. The van der Waals surface area contributed by atoms with Crippen molar-refractivity contribution in [2.75, 3.05) is 16.8 Å². The fourth-order valence-corrected chi connectivity index (χ4v) is 2.99. The summed E-state index contributed by atoms with van der Waals surface area (Å²) in [4.78, 5) is 14.3. The molecule has 1 heterocycles. The Hall–Kier alpha value is -2.43. The molecule has 0 spiro atoms. The van der Waals surface area contributed by atoms with Gasteiger partial charge in [-0.05, 0) is 44.0 Å². The number of amides is 1. The van der Waals surface area contributed by atoms with Crippen molar-refractivity contribution in [1.82, 2.24) is 10.2 Å². The predicted molar refractivity (Wildman–Crippen MR) is 91.7 cm³/mol. The lowest BCUT2D eigenvalue weighted by molar-refractivity contribution is 0.0982. The minimum absolute atomic E-state index is 0.126. The molecule has 0 aliphatic heterocycles. The Morgan fingerprint density at radius 3 is 2.48 bits per heavy atom. The fourth-order valence-electron chi connectivity index (χ4n) is 2.99. The smallest absolute Gasteiger partial charge is 0.278 e. The zero-order valence-corrected chi connectivity index (χ0v) is 13.4. The maximum absolute atomic E-state index is 12.6. The van der Waals surface area contributed by atoms with Crippen molar-refractivity contribution in [2.24, 2.45) is 0 Å². The van der Waals surface area contributed by atoms with Crippen molar-refractivity contribution >= 4 is 17.4 Å². The number of nitrogens with one attached hydrogen (secondary N) is 1. The minimum atomic E-state index is -0.126. The molecule has 0 radical (unpaired) electrons. The number of anilines is 2. The van der Waals surface area contributed by atoms with Crippen molar-refractivity contribution in [3.63, 3.8) is 0 Å². The lowest BCUT2D eigenvalue weighted by Crippen LogP contribution is -2.31. The van der Waals surface area contributed by atoms with Crippen molar-refractivity contribution in [3.8, 4) is 0 Å². The first kappa shape index (κ1) is 15.5. The number of carbonyl (C=O) groups is 1. The molecule has 3 rings (SSSR count). The van der Waals surface area contributed by atoms with Crippen molar-refractivity contribution in [3.05, 3.63) is 48.2 Å². The third kappa shape index (κ3) is 3.67. The highest BCUT2D eigenvalue weighted by atomic mass is 16.2. The summed E-state index contributed by atoms with van der Waals surface area (Å²) in [7, 11) is 0. The van der Waals surface area contributed by atoms with Gasteiger partial charge in [0.2, 0.25) is 0 Å². The maximum atomic E-state index is 12.6. The van der Waals surface area contributed by atoms with Crippen LogP contribution in [0.15, 0.2) is 42.5 Å². The van der Waals surface area contributed by atoms with Crippen LogP contribution in [0.4, 0.5) is 11.5 Å². The lowest BCUT2D eigenvalue weighted by Gasteiger charge is -2.20. The molecule has 0 bridgehead atoms. The van der Waals surface area contributed by atoms with Crippen LogP contribution >= 0.6 is 0 Å². The van der Waals surface area contributed by atoms with Crippen molar-refractivity contribution in [2.45, 2.75) is 38.6 Å². The van der Waals surface area contributed by atoms with Gasteiger partial charge in [0, 0.05) is 18.3 Å². The Balaban J connectivity index is 1.71. The summed E-state index contributed by atoms with van der Waals surface area (Å²) in [6.07, 6.45) is 4.90. The van der Waals surface area contributed by atoms with Crippen LogP contribution in [0.5, 0.6) is 0 Å². The highest BCUT2D eigenvalue weighted by Gasteiger charge is 2.19. The first-order valence-corrected chi connectivity index (χ1v) is 8.25. The molecule has 0 atom stereocenters. The number of benzene rings is 1. The summed E-state index contributed by atoms with van der Waals surface area (Å²) in [5.74, 6) is 0.620. The van der Waals surface area contributed by atoms with Gasteiger partial charge >= 0.3 is 0 Å². The quantitative estimate of drug-likeness (QED) is 0.918. The fraction of sp³-hybridized carbons (Fsp3) is 0.389. The Morgan fingerprint density at radius 2 is 1.87 bits per heavy atom. The van der Waals surface area contributed by atoms with E-state index in [0.29, 0.717) is 18.3 Å². The molecule has 2 aromatic rings. The molecule has 5 heteroatoms. The zero-order valence-electron chi connectivity index (χ0n) is 13.4. The molecule has 1 aliphatic rings. The van der Waals surface area contributed by atoms with Crippen LogP contribution in [-0.4, -0.2) is 28.7 Å². The van der Waals surface area contributed by atoms with Gasteiger partial charge in [-0.3, -0.25) is 4.79 Å². The van der Waals surface area contributed by atoms with E-state index in [1.807, 2.05) is 43.3 Å². The van der Waals surface area contributed by atoms with Crippen molar-refractivity contribution in [1.29, 1.82) is 0 Å². The molecule has 23 heavy (non-hydrogen) atoms. The highest BCUT2D eigenvalue weighted by molar-refractivity contribution is 6.04. The third-order valence-electron chi connectivity index (χ3n) is 4.22. The average molecular weight is 310 g/mol. The van der Waals surface area contributed by atoms with E-state index >= 15 is 0 Å². The van der Waals surface area contributed by atoms with Crippen LogP contribution in [0.25, 0.3) is 0 Å². The number of nitrogens with zero attached hydrogens (tertiary/aromatic N) is 3. The van der Waals surface area contributed by atoms with Crippen LogP contribution < -0.4 is 10.2 Å². The van der Waals surface area contributed by atoms with Gasteiger partial charge in [-0.25, -0.2) is 0 Å². The Bertz CT molecular complexity index is 636. The summed E-state index contributed by atoms with van der Waals surface area (Å²) < 4.78 is 0. The standard InChI is InChI=1S/C18H22N4O/c1-2-22(15-10-4-3-5-11-15)18(23)16-12-13-17(21-20-16)19-14-8-6-7-9-14/h3-5,10-14H,2,6-9H2,1H3,(H,19,21). The number of carbonyl (C=O) groups excluding carboxylic acids is 1. The van der Waals surface area contributed by atoms with Gasteiger partial charge in [0.05, 0.1) is 0 Å². The van der Waals surface area contributed by atoms with Crippen LogP contribution in [0.3, 0.4) is 0 Å². The number of hydrogen-bond donors (Lipinski definition) is 1. The van der Waals surface area contributed by atoms with Gasteiger partial charge in [0.15, 0.2) is 5.69 Å². The summed E-state index contributed by atoms with van der Waals surface area (Å²) >= 11 is 0. The SMILES string of the molecule is CCN(C(=O)c1ccc(NC2CCCC2)nn1)c1ccccc1. The molecule has 1 aromatic carbocycles. The van der Waals surface area contributed by atoms with Gasteiger partial charge in [-0.2, -0.15) is 0 Å². The monoisotopic (exact) mass is 310 g/mol. The van der Waals surface area contributed by atoms with Gasteiger partial charge < -0.3 is 10.2 Å². The molecule has 0 unspecified atom stereocenters. The topological polar surface area (TPSA) is 58.1 Å². The molecule has 1 amide bonds. The second-order valence-electron chi connectivity index (χ2n) is 5.81. The molecule has 1 aromatic heterocycles. The molecule has 1 aliphatic carbocycles. The molecule has 1 saturated carbocycles. The van der Waals surface area contributed by atoms with Crippen LogP contribution in [-0.2, 0) is 0 Å². The van der Waals surface area contributed by atoms with E-state index in [0.717, 1.165) is 11.5 Å². The number of rotatable bonds is 5. The van der Waals surface area contributed by atoms with E-state index in [1.54, 1.807) is 11.0 Å². The minimum Gasteiger partial charge on any atom is -0.366 e. The van der Waals surface area contributed by atoms with E-state index in [4.69, 9.17) is 0 Å². The summed E-state index contributed by atoms with van der Waals surface area (Å²) in [6.45, 7) is 2.54. The van der Waals surface area contributed by atoms with Gasteiger partial charge in [0.25, 0.3) is 5.91 Å². The number of para-hydroxylation sites is 1. The molecule has 0 saturated heterocycles. The van der Waals surface area contributed by atoms with E-state index in [2.05, 4.69) is 15.5 Å². The van der Waals surface area contributed by atoms with Gasteiger partial charge in [0.1, 0.15) is 5.82 Å². The van der Waals surface area contributed by atoms with E-state index in [9.17, 15) is 4.79 Å². The second kappa shape index (κ2) is 7.22. The predicted octanol–water partition coefficient (Wildman–Crippen LogP) is 3.50. The summed E-state index contributed by atoms with van der Waals surface area (Å²) in [6, 6.07) is 13.7. The molecular formula is C18H22N4O. The Labute approximate surface area is 136 Å².